The lowest BCUT2D eigenvalue weighted by Crippen LogP contribution is -2.26. The molecule has 0 unspecified atom stereocenters. The second-order valence-electron chi connectivity index (χ2n) is 6.83. The zero-order chi connectivity index (χ0) is 17.9. The van der Waals surface area contributed by atoms with Crippen LogP contribution >= 0.6 is 0 Å². The van der Waals surface area contributed by atoms with Gasteiger partial charge in [0.15, 0.2) is 0 Å². The van der Waals surface area contributed by atoms with Crippen molar-refractivity contribution in [2.45, 2.75) is 51.9 Å². The topological polar surface area (TPSA) is 61.4 Å². The number of carbonyl (C=O) groups is 2. The fraction of sp³-hybridized carbons (Fsp3) is 0.600. The van der Waals surface area contributed by atoms with E-state index in [1.165, 1.54) is 58.7 Å². The van der Waals surface area contributed by atoms with Crippen molar-refractivity contribution in [3.63, 3.8) is 0 Å². The van der Waals surface area contributed by atoms with E-state index in [1.807, 2.05) is 0 Å². The lowest BCUT2D eigenvalue weighted by molar-refractivity contribution is -0.114. The van der Waals surface area contributed by atoms with Gasteiger partial charge < -0.3 is 15.5 Å². The number of carbonyl (C=O) groups excluding carboxylic acids is 2. The molecule has 2 rings (SSSR count). The van der Waals surface area contributed by atoms with Crippen LogP contribution in [0.2, 0.25) is 0 Å². The Bertz CT molecular complexity index is 534. The fourth-order valence-electron chi connectivity index (χ4n) is 3.21. The van der Waals surface area contributed by atoms with Crippen molar-refractivity contribution in [2.75, 3.05) is 31.5 Å². The molecule has 5 heteroatoms. The first kappa shape index (κ1) is 19.4. The molecule has 1 aliphatic heterocycles. The third kappa shape index (κ3) is 7.69. The fourth-order valence-corrected chi connectivity index (χ4v) is 3.21. The predicted molar refractivity (Wildman–Crippen MR) is 102 cm³/mol. The van der Waals surface area contributed by atoms with Gasteiger partial charge in [-0.25, -0.2) is 0 Å². The van der Waals surface area contributed by atoms with Gasteiger partial charge in [-0.3, -0.25) is 9.59 Å². The molecule has 25 heavy (non-hydrogen) atoms. The van der Waals surface area contributed by atoms with Crippen LogP contribution in [0.1, 0.15) is 62.2 Å². The van der Waals surface area contributed by atoms with Crippen LogP contribution in [0.4, 0.5) is 5.69 Å². The minimum atomic E-state index is -0.114. The molecule has 1 fully saturated rings. The standard InChI is InChI=1S/C20H31N3O2/c1-17(24)22-19-11-9-18(10-12-19)20(25)21-13-5-4-8-16-23-14-6-2-3-7-15-23/h9-12H,2-8,13-16H2,1H3,(H,21,25)(H,22,24). The highest BCUT2D eigenvalue weighted by Gasteiger charge is 2.08. The van der Waals surface area contributed by atoms with Crippen LogP contribution in [0.5, 0.6) is 0 Å². The Labute approximate surface area is 151 Å². The molecule has 2 N–H and O–H groups in total. The number of anilines is 1. The van der Waals surface area contributed by atoms with Crippen molar-refractivity contribution in [3.05, 3.63) is 29.8 Å². The number of nitrogens with one attached hydrogen (secondary N) is 2. The summed E-state index contributed by atoms with van der Waals surface area (Å²) in [6.07, 6.45) is 8.83. The van der Waals surface area contributed by atoms with Crippen LogP contribution in [0, 0.1) is 0 Å². The van der Waals surface area contributed by atoms with Gasteiger partial charge in [0.1, 0.15) is 0 Å². The SMILES string of the molecule is CC(=O)Nc1ccc(C(=O)NCCCCCN2CCCCCC2)cc1. The minimum absolute atomic E-state index is 0.0538. The summed E-state index contributed by atoms with van der Waals surface area (Å²) in [6, 6.07) is 6.97. The van der Waals surface area contributed by atoms with Gasteiger partial charge in [0.2, 0.25) is 5.91 Å². The van der Waals surface area contributed by atoms with Crippen LogP contribution in [0.3, 0.4) is 0 Å². The highest BCUT2D eigenvalue weighted by molar-refractivity contribution is 5.95. The molecule has 1 aromatic carbocycles. The van der Waals surface area contributed by atoms with Gasteiger partial charge >= 0.3 is 0 Å². The van der Waals surface area contributed by atoms with Crippen molar-refractivity contribution >= 4 is 17.5 Å². The molecule has 0 aliphatic carbocycles. The molecule has 0 spiro atoms. The van der Waals surface area contributed by atoms with Crippen LogP contribution < -0.4 is 10.6 Å². The van der Waals surface area contributed by atoms with Crippen LogP contribution in [-0.4, -0.2) is 42.9 Å². The Morgan fingerprint density at radius 3 is 2.28 bits per heavy atom. The second-order valence-corrected chi connectivity index (χ2v) is 6.83. The normalized spacial score (nSPS) is 15.4. The monoisotopic (exact) mass is 345 g/mol. The summed E-state index contributed by atoms with van der Waals surface area (Å²) in [5.41, 5.74) is 1.33. The van der Waals surface area contributed by atoms with E-state index in [-0.39, 0.29) is 11.8 Å². The summed E-state index contributed by atoms with van der Waals surface area (Å²) in [5, 5.41) is 5.66. The molecule has 5 nitrogen and oxygen atoms in total. The van der Waals surface area contributed by atoms with Crippen molar-refractivity contribution in [1.82, 2.24) is 10.2 Å². The average molecular weight is 345 g/mol. The first-order chi connectivity index (χ1) is 12.1. The van der Waals surface area contributed by atoms with Gasteiger partial charge in [-0.15, -0.1) is 0 Å². The number of benzene rings is 1. The molecule has 1 aromatic rings. The molecule has 1 heterocycles. The summed E-state index contributed by atoms with van der Waals surface area (Å²) in [7, 11) is 0. The Balaban J connectivity index is 1.58. The molecular weight excluding hydrogens is 314 g/mol. The maximum Gasteiger partial charge on any atom is 0.251 e. The lowest BCUT2D eigenvalue weighted by atomic mass is 10.2. The molecule has 138 valence electrons. The van der Waals surface area contributed by atoms with Gasteiger partial charge in [0.05, 0.1) is 0 Å². The summed E-state index contributed by atoms with van der Waals surface area (Å²) < 4.78 is 0. The van der Waals surface area contributed by atoms with Crippen LogP contribution in [0.25, 0.3) is 0 Å². The number of hydrogen-bond donors (Lipinski definition) is 2. The lowest BCUT2D eigenvalue weighted by Gasteiger charge is -2.19. The van der Waals surface area contributed by atoms with Gasteiger partial charge in [-0.05, 0) is 69.6 Å². The number of unbranched alkanes of at least 4 members (excludes halogenated alkanes) is 2. The minimum Gasteiger partial charge on any atom is -0.352 e. The molecule has 0 aromatic heterocycles. The van der Waals surface area contributed by atoms with E-state index in [4.69, 9.17) is 0 Å². The van der Waals surface area contributed by atoms with Crippen molar-refractivity contribution in [1.29, 1.82) is 0 Å². The molecular formula is C20H31N3O2. The summed E-state index contributed by atoms with van der Waals surface area (Å²) in [5.74, 6) is -0.167. The molecule has 1 aliphatic rings. The maximum atomic E-state index is 12.1. The zero-order valence-electron chi connectivity index (χ0n) is 15.4. The number of nitrogens with zero attached hydrogens (tertiary/aromatic N) is 1. The molecule has 1 saturated heterocycles. The number of amides is 2. The Morgan fingerprint density at radius 1 is 0.960 bits per heavy atom. The van der Waals surface area contributed by atoms with Gasteiger partial charge in [0.25, 0.3) is 5.91 Å². The number of rotatable bonds is 8. The van der Waals surface area contributed by atoms with E-state index in [9.17, 15) is 9.59 Å². The van der Waals surface area contributed by atoms with E-state index in [2.05, 4.69) is 15.5 Å². The Kier molecular flexibility index (Phi) is 8.46. The molecule has 0 atom stereocenters. The molecule has 0 saturated carbocycles. The van der Waals surface area contributed by atoms with E-state index < -0.39 is 0 Å². The van der Waals surface area contributed by atoms with E-state index in [1.54, 1.807) is 24.3 Å². The Morgan fingerprint density at radius 2 is 1.64 bits per heavy atom. The first-order valence-corrected chi connectivity index (χ1v) is 9.53. The Hall–Kier alpha value is -1.88. The zero-order valence-corrected chi connectivity index (χ0v) is 15.4. The quantitative estimate of drug-likeness (QED) is 0.710. The van der Waals surface area contributed by atoms with E-state index >= 15 is 0 Å². The summed E-state index contributed by atoms with van der Waals surface area (Å²) in [6.45, 7) is 5.88. The maximum absolute atomic E-state index is 12.1. The molecule has 0 bridgehead atoms. The smallest absolute Gasteiger partial charge is 0.251 e. The number of hydrogen-bond acceptors (Lipinski definition) is 3. The van der Waals surface area contributed by atoms with Gasteiger partial charge in [-0.2, -0.15) is 0 Å². The van der Waals surface area contributed by atoms with E-state index in [0.717, 1.165) is 12.8 Å². The second kappa shape index (κ2) is 10.9. The third-order valence-electron chi connectivity index (χ3n) is 4.60. The van der Waals surface area contributed by atoms with Gasteiger partial charge in [-0.1, -0.05) is 19.3 Å². The average Bonchev–Trinajstić information content (AvgIpc) is 2.86. The molecule has 0 radical (unpaired) electrons. The van der Waals surface area contributed by atoms with Crippen molar-refractivity contribution in [3.8, 4) is 0 Å². The van der Waals surface area contributed by atoms with Crippen molar-refractivity contribution < 1.29 is 9.59 Å². The summed E-state index contributed by atoms with van der Waals surface area (Å²) in [4.78, 5) is 25.7. The predicted octanol–water partition coefficient (Wildman–Crippen LogP) is 3.42. The highest BCUT2D eigenvalue weighted by Crippen LogP contribution is 2.11. The van der Waals surface area contributed by atoms with Crippen LogP contribution in [0.15, 0.2) is 24.3 Å². The van der Waals surface area contributed by atoms with E-state index in [0.29, 0.717) is 17.8 Å². The third-order valence-corrected chi connectivity index (χ3v) is 4.60. The van der Waals surface area contributed by atoms with Crippen LogP contribution in [-0.2, 0) is 4.79 Å². The summed E-state index contributed by atoms with van der Waals surface area (Å²) >= 11 is 0. The first-order valence-electron chi connectivity index (χ1n) is 9.53. The van der Waals surface area contributed by atoms with Gasteiger partial charge in [0, 0.05) is 24.7 Å². The number of likely N-dealkylation sites (tertiary alicyclic amines) is 1. The molecule has 2 amide bonds. The largest absolute Gasteiger partial charge is 0.352 e. The van der Waals surface area contributed by atoms with Crippen molar-refractivity contribution in [2.24, 2.45) is 0 Å². The highest BCUT2D eigenvalue weighted by atomic mass is 16.2.